The molecule has 4 rings (SSSR count). The first-order valence-electron chi connectivity index (χ1n) is 7.33. The van der Waals surface area contributed by atoms with Crippen LogP contribution in [0.4, 0.5) is 11.4 Å². The summed E-state index contributed by atoms with van der Waals surface area (Å²) in [5.41, 5.74) is 17.9. The van der Waals surface area contributed by atoms with Crippen LogP contribution in [0.1, 0.15) is 29.0 Å². The third-order valence-corrected chi connectivity index (χ3v) is 4.65. The Labute approximate surface area is 124 Å². The number of anilines is 2. The van der Waals surface area contributed by atoms with Crippen LogP contribution in [0.5, 0.6) is 0 Å². The Bertz CT molecular complexity index is 700. The van der Waals surface area contributed by atoms with E-state index in [1.54, 1.807) is 0 Å². The first-order valence-corrected chi connectivity index (χ1v) is 7.33. The second-order valence-corrected chi connectivity index (χ2v) is 5.87. The standard InChI is InChI=1S/C17H19N3O/c18-15-6-3-7-16-13(15)10-21-17(19,20-16)14-9-8-11-4-1-2-5-12(11)14/h1-7,14,20H,8-10,18-19H2. The molecule has 2 aromatic rings. The molecule has 1 aliphatic heterocycles. The van der Waals surface area contributed by atoms with Crippen LogP contribution in [0.25, 0.3) is 0 Å². The van der Waals surface area contributed by atoms with Crippen molar-refractivity contribution in [3.8, 4) is 0 Å². The van der Waals surface area contributed by atoms with Gasteiger partial charge in [0.15, 0.2) is 5.85 Å². The average molecular weight is 281 g/mol. The minimum absolute atomic E-state index is 0.156. The predicted octanol–water partition coefficient (Wildman–Crippen LogP) is 2.55. The van der Waals surface area contributed by atoms with Gasteiger partial charge in [-0.2, -0.15) is 0 Å². The van der Waals surface area contributed by atoms with Crippen LogP contribution in [-0.2, 0) is 17.8 Å². The van der Waals surface area contributed by atoms with Crippen molar-refractivity contribution in [2.45, 2.75) is 31.2 Å². The number of nitrogens with one attached hydrogen (secondary N) is 1. The highest BCUT2D eigenvalue weighted by Gasteiger charge is 2.43. The van der Waals surface area contributed by atoms with Crippen LogP contribution in [-0.4, -0.2) is 5.85 Å². The maximum absolute atomic E-state index is 6.57. The third kappa shape index (κ3) is 1.91. The zero-order valence-corrected chi connectivity index (χ0v) is 11.8. The van der Waals surface area contributed by atoms with Gasteiger partial charge in [-0.25, -0.2) is 0 Å². The molecule has 1 heterocycles. The van der Waals surface area contributed by atoms with Crippen LogP contribution in [0.3, 0.4) is 0 Å². The van der Waals surface area contributed by atoms with Gasteiger partial charge >= 0.3 is 0 Å². The van der Waals surface area contributed by atoms with E-state index in [2.05, 4.69) is 29.6 Å². The molecule has 0 aromatic heterocycles. The Morgan fingerprint density at radius 3 is 2.90 bits per heavy atom. The van der Waals surface area contributed by atoms with Crippen molar-refractivity contribution in [2.75, 3.05) is 11.1 Å². The molecule has 2 aliphatic rings. The van der Waals surface area contributed by atoms with Gasteiger partial charge in [0, 0.05) is 22.9 Å². The molecule has 4 heteroatoms. The van der Waals surface area contributed by atoms with Crippen molar-refractivity contribution in [1.29, 1.82) is 0 Å². The van der Waals surface area contributed by atoms with Gasteiger partial charge in [-0.15, -0.1) is 0 Å². The molecule has 1 aliphatic carbocycles. The fourth-order valence-electron chi connectivity index (χ4n) is 3.51. The number of nitrogens with two attached hydrogens (primary N) is 2. The van der Waals surface area contributed by atoms with Crippen molar-refractivity contribution in [3.05, 3.63) is 59.2 Å². The topological polar surface area (TPSA) is 73.3 Å². The lowest BCUT2D eigenvalue weighted by molar-refractivity contribution is -0.0572. The average Bonchev–Trinajstić information content (AvgIpc) is 2.92. The first-order chi connectivity index (χ1) is 10.2. The van der Waals surface area contributed by atoms with Crippen LogP contribution in [0.15, 0.2) is 42.5 Å². The number of ether oxygens (including phenoxy) is 1. The van der Waals surface area contributed by atoms with Gasteiger partial charge in [0.2, 0.25) is 0 Å². The van der Waals surface area contributed by atoms with E-state index < -0.39 is 5.85 Å². The highest BCUT2D eigenvalue weighted by molar-refractivity contribution is 5.65. The monoisotopic (exact) mass is 281 g/mol. The molecule has 2 unspecified atom stereocenters. The summed E-state index contributed by atoms with van der Waals surface area (Å²) in [5, 5.41) is 3.37. The molecule has 0 spiro atoms. The Morgan fingerprint density at radius 1 is 1.14 bits per heavy atom. The van der Waals surface area contributed by atoms with E-state index in [0.717, 1.165) is 29.8 Å². The van der Waals surface area contributed by atoms with Crippen molar-refractivity contribution in [2.24, 2.45) is 5.73 Å². The second kappa shape index (κ2) is 4.48. The van der Waals surface area contributed by atoms with E-state index in [0.29, 0.717) is 6.61 Å². The number of rotatable bonds is 1. The Hall–Kier alpha value is -2.04. The third-order valence-electron chi connectivity index (χ3n) is 4.65. The van der Waals surface area contributed by atoms with Gasteiger partial charge < -0.3 is 15.8 Å². The highest BCUT2D eigenvalue weighted by atomic mass is 16.5. The minimum atomic E-state index is -0.868. The van der Waals surface area contributed by atoms with Crippen LogP contribution in [0, 0.1) is 0 Å². The molecule has 2 atom stereocenters. The molecule has 0 bridgehead atoms. The Kier molecular flexibility index (Phi) is 2.71. The van der Waals surface area contributed by atoms with Crippen LogP contribution >= 0.6 is 0 Å². The van der Waals surface area contributed by atoms with E-state index in [4.69, 9.17) is 16.2 Å². The van der Waals surface area contributed by atoms with Gasteiger partial charge in [0.1, 0.15) is 0 Å². The Morgan fingerprint density at radius 2 is 2.00 bits per heavy atom. The molecule has 0 amide bonds. The predicted molar refractivity (Wildman–Crippen MR) is 83.7 cm³/mol. The Balaban J connectivity index is 1.71. The number of benzene rings is 2. The number of nitrogen functional groups attached to an aromatic ring is 1. The quantitative estimate of drug-likeness (QED) is 0.702. The molecule has 21 heavy (non-hydrogen) atoms. The molecule has 0 saturated carbocycles. The number of aryl methyl sites for hydroxylation is 1. The van der Waals surface area contributed by atoms with E-state index in [1.165, 1.54) is 11.1 Å². The summed E-state index contributed by atoms with van der Waals surface area (Å²) in [6.07, 6.45) is 2.05. The number of hydrogen-bond donors (Lipinski definition) is 3. The van der Waals surface area contributed by atoms with E-state index in [9.17, 15) is 0 Å². The summed E-state index contributed by atoms with van der Waals surface area (Å²) >= 11 is 0. The normalized spacial score (nSPS) is 26.8. The summed E-state index contributed by atoms with van der Waals surface area (Å²) in [4.78, 5) is 0. The zero-order valence-electron chi connectivity index (χ0n) is 11.8. The largest absolute Gasteiger partial charge is 0.398 e. The summed E-state index contributed by atoms with van der Waals surface area (Å²) in [6, 6.07) is 14.3. The molecular formula is C17H19N3O. The summed E-state index contributed by atoms with van der Waals surface area (Å²) in [6.45, 7) is 0.449. The van der Waals surface area contributed by atoms with Gasteiger partial charge in [-0.1, -0.05) is 30.3 Å². The second-order valence-electron chi connectivity index (χ2n) is 5.87. The molecule has 5 N–H and O–H groups in total. The minimum Gasteiger partial charge on any atom is -0.398 e. The van der Waals surface area contributed by atoms with Crippen LogP contribution in [0.2, 0.25) is 0 Å². The first kappa shape index (κ1) is 12.7. The molecule has 0 radical (unpaired) electrons. The maximum atomic E-state index is 6.57. The number of fused-ring (bicyclic) bond motifs is 2. The van der Waals surface area contributed by atoms with Crippen molar-refractivity contribution < 1.29 is 4.74 Å². The van der Waals surface area contributed by atoms with Crippen LogP contribution < -0.4 is 16.8 Å². The lowest BCUT2D eigenvalue weighted by Gasteiger charge is -2.41. The van der Waals surface area contributed by atoms with Crippen molar-refractivity contribution >= 4 is 11.4 Å². The van der Waals surface area contributed by atoms with Crippen molar-refractivity contribution in [1.82, 2.24) is 0 Å². The molecular weight excluding hydrogens is 262 g/mol. The summed E-state index contributed by atoms with van der Waals surface area (Å²) in [7, 11) is 0. The zero-order chi connectivity index (χ0) is 14.4. The molecule has 108 valence electrons. The van der Waals surface area contributed by atoms with Gasteiger partial charge in [0.05, 0.1) is 6.61 Å². The lowest BCUT2D eigenvalue weighted by Crippen LogP contribution is -2.56. The van der Waals surface area contributed by atoms with E-state index >= 15 is 0 Å². The summed E-state index contributed by atoms with van der Waals surface area (Å²) < 4.78 is 6.00. The van der Waals surface area contributed by atoms with E-state index in [1.807, 2.05) is 18.2 Å². The smallest absolute Gasteiger partial charge is 0.200 e. The van der Waals surface area contributed by atoms with Gasteiger partial charge in [-0.05, 0) is 36.1 Å². The molecule has 0 fully saturated rings. The summed E-state index contributed by atoms with van der Waals surface area (Å²) in [5.74, 6) is -0.712. The highest BCUT2D eigenvalue weighted by Crippen LogP contribution is 2.43. The fraction of sp³-hybridized carbons (Fsp3) is 0.294. The van der Waals surface area contributed by atoms with Gasteiger partial charge in [0.25, 0.3) is 0 Å². The molecule has 4 nitrogen and oxygen atoms in total. The van der Waals surface area contributed by atoms with Gasteiger partial charge in [-0.3, -0.25) is 5.73 Å². The molecule has 2 aromatic carbocycles. The fourth-order valence-corrected chi connectivity index (χ4v) is 3.51. The lowest BCUT2D eigenvalue weighted by atomic mass is 9.94. The molecule has 0 saturated heterocycles. The van der Waals surface area contributed by atoms with E-state index in [-0.39, 0.29) is 5.92 Å². The number of hydrogen-bond acceptors (Lipinski definition) is 4. The maximum Gasteiger partial charge on any atom is 0.200 e. The SMILES string of the molecule is Nc1cccc2c1COC(N)(C1CCc3ccccc31)N2. The van der Waals surface area contributed by atoms with Crippen molar-refractivity contribution in [3.63, 3.8) is 0 Å².